The summed E-state index contributed by atoms with van der Waals surface area (Å²) >= 11 is 0. The van der Waals surface area contributed by atoms with Gasteiger partial charge in [-0.15, -0.1) is 0 Å². The summed E-state index contributed by atoms with van der Waals surface area (Å²) in [6.45, 7) is 8.44. The Morgan fingerprint density at radius 2 is 1.97 bits per heavy atom. The highest BCUT2D eigenvalue weighted by atomic mass is 32.2. The Labute approximate surface area is 193 Å². The van der Waals surface area contributed by atoms with Gasteiger partial charge in [-0.05, 0) is 32.9 Å². The molecule has 0 amide bonds. The van der Waals surface area contributed by atoms with Gasteiger partial charge in [0, 0.05) is 49.4 Å². The van der Waals surface area contributed by atoms with Crippen LogP contribution in [0.4, 0.5) is 5.82 Å². The molecule has 1 fully saturated rings. The fourth-order valence-electron chi connectivity index (χ4n) is 3.84. The van der Waals surface area contributed by atoms with Crippen LogP contribution in [0.5, 0.6) is 5.88 Å². The van der Waals surface area contributed by atoms with Crippen LogP contribution in [0, 0.1) is 6.92 Å². The quantitative estimate of drug-likeness (QED) is 0.460. The second-order valence-electron chi connectivity index (χ2n) is 8.12. The molecule has 4 aromatic rings. The number of nitrogens with zero attached hydrogens (tertiary/aromatic N) is 6. The van der Waals surface area contributed by atoms with Crippen LogP contribution in [-0.4, -0.2) is 66.1 Å². The number of piperazine rings is 1. The van der Waals surface area contributed by atoms with Crippen molar-refractivity contribution in [1.29, 1.82) is 0 Å². The molecule has 1 saturated heterocycles. The Balaban J connectivity index is 1.34. The molecule has 0 bridgehead atoms. The minimum Gasteiger partial charge on any atom is -0.475 e. The molecular weight excluding hydrogens is 442 g/mol. The zero-order chi connectivity index (χ0) is 22.9. The van der Waals surface area contributed by atoms with Crippen molar-refractivity contribution in [2.45, 2.75) is 31.8 Å². The van der Waals surface area contributed by atoms with E-state index in [4.69, 9.17) is 9.26 Å². The lowest BCUT2D eigenvalue weighted by Crippen LogP contribution is -2.47. The number of aryl methyl sites for hydroxylation is 1. The number of H-pyrrole nitrogens is 1. The van der Waals surface area contributed by atoms with Gasteiger partial charge in [0.25, 0.3) is 0 Å². The first-order valence-corrected chi connectivity index (χ1v) is 11.9. The first-order chi connectivity index (χ1) is 16.0. The van der Waals surface area contributed by atoms with E-state index < -0.39 is 11.0 Å². The number of ether oxygens (including phenoxy) is 1. The third-order valence-electron chi connectivity index (χ3n) is 5.49. The van der Waals surface area contributed by atoms with Crippen molar-refractivity contribution >= 4 is 27.7 Å². The SMILES string of the molecule is Cc1oncc1S(=O)N1CCN(c2cc(-c3n[nH]c4cnc(OC(C)C)cc34)ccn2)CC1. The van der Waals surface area contributed by atoms with E-state index in [9.17, 15) is 4.21 Å². The van der Waals surface area contributed by atoms with Crippen molar-refractivity contribution in [2.24, 2.45) is 0 Å². The van der Waals surface area contributed by atoms with Gasteiger partial charge in [0.15, 0.2) is 5.76 Å². The number of rotatable bonds is 6. The summed E-state index contributed by atoms with van der Waals surface area (Å²) in [7, 11) is -1.27. The number of nitrogens with one attached hydrogen (secondary N) is 1. The van der Waals surface area contributed by atoms with Gasteiger partial charge in [-0.2, -0.15) is 5.10 Å². The molecule has 0 saturated carbocycles. The normalized spacial score (nSPS) is 15.9. The molecule has 172 valence electrons. The second-order valence-corrected chi connectivity index (χ2v) is 9.58. The number of hydrogen-bond acceptors (Lipinski definition) is 8. The molecule has 0 aliphatic carbocycles. The van der Waals surface area contributed by atoms with Crippen molar-refractivity contribution in [3.05, 3.63) is 42.5 Å². The molecule has 1 unspecified atom stereocenters. The first-order valence-electron chi connectivity index (χ1n) is 10.8. The monoisotopic (exact) mass is 467 g/mol. The van der Waals surface area contributed by atoms with Crippen molar-refractivity contribution in [3.63, 3.8) is 0 Å². The number of pyridine rings is 2. The number of anilines is 1. The molecule has 4 aromatic heterocycles. The maximum Gasteiger partial charge on any atom is 0.214 e. The summed E-state index contributed by atoms with van der Waals surface area (Å²) in [6.07, 6.45) is 5.11. The second kappa shape index (κ2) is 8.91. The highest BCUT2D eigenvalue weighted by Gasteiger charge is 2.25. The minimum absolute atomic E-state index is 0.0412. The molecule has 0 aromatic carbocycles. The lowest BCUT2D eigenvalue weighted by molar-refractivity contribution is 0.233. The number of aromatic amines is 1. The van der Waals surface area contributed by atoms with E-state index in [-0.39, 0.29) is 6.10 Å². The Hall–Kier alpha value is -3.31. The molecule has 10 nitrogen and oxygen atoms in total. The predicted molar refractivity (Wildman–Crippen MR) is 124 cm³/mol. The molecular formula is C22H25N7O3S. The van der Waals surface area contributed by atoms with E-state index in [1.54, 1.807) is 19.3 Å². The van der Waals surface area contributed by atoms with Crippen molar-refractivity contribution in [3.8, 4) is 17.1 Å². The largest absolute Gasteiger partial charge is 0.475 e. The van der Waals surface area contributed by atoms with Gasteiger partial charge in [-0.3, -0.25) is 5.10 Å². The molecule has 1 aliphatic heterocycles. The molecule has 1 atom stereocenters. The number of hydrogen-bond donors (Lipinski definition) is 1. The van der Waals surface area contributed by atoms with E-state index >= 15 is 0 Å². The van der Waals surface area contributed by atoms with Crippen LogP contribution in [0.1, 0.15) is 19.6 Å². The molecule has 1 aliphatic rings. The fraction of sp³-hybridized carbons (Fsp3) is 0.364. The Morgan fingerprint density at radius 1 is 1.15 bits per heavy atom. The lowest BCUT2D eigenvalue weighted by Gasteiger charge is -2.34. The van der Waals surface area contributed by atoms with E-state index in [1.807, 2.05) is 36.4 Å². The van der Waals surface area contributed by atoms with Gasteiger partial charge in [0.1, 0.15) is 27.4 Å². The fourth-order valence-corrected chi connectivity index (χ4v) is 5.03. The Bertz CT molecular complexity index is 1290. The van der Waals surface area contributed by atoms with Gasteiger partial charge in [0.05, 0.1) is 24.0 Å². The molecule has 0 radical (unpaired) electrons. The lowest BCUT2D eigenvalue weighted by atomic mass is 10.1. The van der Waals surface area contributed by atoms with Crippen LogP contribution < -0.4 is 9.64 Å². The molecule has 5 heterocycles. The Kier molecular flexibility index (Phi) is 5.81. The third kappa shape index (κ3) is 4.33. The van der Waals surface area contributed by atoms with Gasteiger partial charge in [-0.1, -0.05) is 5.16 Å². The molecule has 1 N–H and O–H groups in total. The molecule has 0 spiro atoms. The minimum atomic E-state index is -1.27. The van der Waals surface area contributed by atoms with Crippen LogP contribution in [0.15, 0.2) is 46.2 Å². The number of aromatic nitrogens is 5. The van der Waals surface area contributed by atoms with Crippen LogP contribution >= 0.6 is 0 Å². The topological polar surface area (TPSA) is 113 Å². The third-order valence-corrected chi connectivity index (χ3v) is 7.09. The highest BCUT2D eigenvalue weighted by Crippen LogP contribution is 2.30. The average molecular weight is 468 g/mol. The summed E-state index contributed by atoms with van der Waals surface area (Å²) in [5, 5.41) is 12.2. The standard InChI is InChI=1S/C22H25N7O3S/c1-14(2)31-21-11-17-18(12-24-21)26-27-22(17)16-4-5-23-20(10-16)28-6-8-29(9-7-28)33(30)19-13-25-32-15(19)3/h4-5,10-14H,6-9H2,1-3H3,(H,26,27). The smallest absolute Gasteiger partial charge is 0.214 e. The van der Waals surface area contributed by atoms with E-state index in [0.717, 1.165) is 28.0 Å². The van der Waals surface area contributed by atoms with Crippen LogP contribution in [0.2, 0.25) is 0 Å². The van der Waals surface area contributed by atoms with E-state index in [0.29, 0.717) is 42.7 Å². The molecule has 5 rings (SSSR count). The highest BCUT2D eigenvalue weighted by molar-refractivity contribution is 7.82. The van der Waals surface area contributed by atoms with Gasteiger partial charge in [0.2, 0.25) is 5.88 Å². The van der Waals surface area contributed by atoms with Crippen molar-refractivity contribution in [2.75, 3.05) is 31.1 Å². The van der Waals surface area contributed by atoms with Gasteiger partial charge in [-0.25, -0.2) is 18.5 Å². The van der Waals surface area contributed by atoms with Crippen LogP contribution in [0.25, 0.3) is 22.2 Å². The molecule has 33 heavy (non-hydrogen) atoms. The van der Waals surface area contributed by atoms with Crippen LogP contribution in [-0.2, 0) is 11.0 Å². The van der Waals surface area contributed by atoms with E-state index in [2.05, 4.69) is 30.2 Å². The molecule has 11 heteroatoms. The first kappa shape index (κ1) is 21.5. The van der Waals surface area contributed by atoms with Crippen molar-refractivity contribution in [1.82, 2.24) is 29.6 Å². The average Bonchev–Trinajstić information content (AvgIpc) is 3.44. The maximum atomic E-state index is 12.8. The zero-order valence-corrected chi connectivity index (χ0v) is 19.5. The van der Waals surface area contributed by atoms with E-state index in [1.165, 1.54) is 6.20 Å². The summed E-state index contributed by atoms with van der Waals surface area (Å²) in [6, 6.07) is 5.90. The van der Waals surface area contributed by atoms with Crippen molar-refractivity contribution < 1.29 is 13.5 Å². The summed E-state index contributed by atoms with van der Waals surface area (Å²) in [5.41, 5.74) is 2.63. The van der Waals surface area contributed by atoms with Gasteiger partial charge >= 0.3 is 0 Å². The summed E-state index contributed by atoms with van der Waals surface area (Å²) in [5.74, 6) is 2.03. The summed E-state index contributed by atoms with van der Waals surface area (Å²) < 4.78 is 25.6. The Morgan fingerprint density at radius 3 is 2.70 bits per heavy atom. The zero-order valence-electron chi connectivity index (χ0n) is 18.7. The predicted octanol–water partition coefficient (Wildman–Crippen LogP) is 2.95. The maximum absolute atomic E-state index is 12.8. The van der Waals surface area contributed by atoms with Crippen LogP contribution in [0.3, 0.4) is 0 Å². The summed E-state index contributed by atoms with van der Waals surface area (Å²) in [4.78, 5) is 11.7. The van der Waals surface area contributed by atoms with Gasteiger partial charge < -0.3 is 14.2 Å². The number of fused-ring (bicyclic) bond motifs is 1.